The minimum Gasteiger partial charge on any atom is -0.504 e. The minimum absolute atomic E-state index is 0.103. The summed E-state index contributed by atoms with van der Waals surface area (Å²) in [6, 6.07) is 3.52. The van der Waals surface area contributed by atoms with E-state index in [-0.39, 0.29) is 11.4 Å². The lowest BCUT2D eigenvalue weighted by atomic mass is 10.0. The molecule has 0 radical (unpaired) electrons. The standard InChI is InChI=1S/C20H26N6O3S/c27-18-16-14(8-5-9-21-16)20(26-10-3-4-11-30(26,28)29)23-17(18)19-22-15(24-25-19)12-13-6-1-2-7-13/h5,8-9,13,27-29H,1-4,6-7,10-12H2,(H,22,24,25). The van der Waals surface area contributed by atoms with Crippen molar-refractivity contribution in [2.45, 2.75) is 44.9 Å². The van der Waals surface area contributed by atoms with Gasteiger partial charge in [-0.25, -0.2) is 9.97 Å². The van der Waals surface area contributed by atoms with Crippen molar-refractivity contribution in [2.24, 2.45) is 5.92 Å². The fourth-order valence-electron chi connectivity index (χ4n) is 4.48. The Morgan fingerprint density at radius 2 is 1.97 bits per heavy atom. The number of nitrogens with one attached hydrogen (secondary N) is 1. The van der Waals surface area contributed by atoms with Crippen LogP contribution >= 0.6 is 10.8 Å². The van der Waals surface area contributed by atoms with E-state index in [0.29, 0.717) is 40.8 Å². The summed E-state index contributed by atoms with van der Waals surface area (Å²) in [5.74, 6) is 2.29. The third-order valence-corrected chi connectivity index (χ3v) is 7.93. The maximum atomic E-state index is 10.9. The van der Waals surface area contributed by atoms with E-state index in [2.05, 4.69) is 25.1 Å². The highest BCUT2D eigenvalue weighted by atomic mass is 32.3. The normalized spacial score (nSPS) is 20.7. The molecule has 4 heterocycles. The monoisotopic (exact) mass is 430 g/mol. The summed E-state index contributed by atoms with van der Waals surface area (Å²) in [7, 11) is -2.98. The first-order chi connectivity index (χ1) is 14.5. The van der Waals surface area contributed by atoms with Gasteiger partial charge in [-0.3, -0.25) is 23.5 Å². The summed E-state index contributed by atoms with van der Waals surface area (Å²) in [5, 5.41) is 18.7. The lowest BCUT2D eigenvalue weighted by molar-refractivity contribution is 0.466. The van der Waals surface area contributed by atoms with E-state index < -0.39 is 10.8 Å². The van der Waals surface area contributed by atoms with Gasteiger partial charge >= 0.3 is 0 Å². The molecule has 1 saturated carbocycles. The molecule has 3 aromatic rings. The molecule has 1 saturated heterocycles. The molecule has 2 fully saturated rings. The molecule has 0 spiro atoms. The smallest absolute Gasteiger partial charge is 0.203 e. The fraction of sp³-hybridized carbons (Fsp3) is 0.500. The van der Waals surface area contributed by atoms with E-state index in [1.807, 2.05) is 0 Å². The molecule has 4 N–H and O–H groups in total. The first-order valence-corrected chi connectivity index (χ1v) is 12.1. The van der Waals surface area contributed by atoms with Crippen LogP contribution in [0.3, 0.4) is 0 Å². The van der Waals surface area contributed by atoms with Crippen LogP contribution in [-0.2, 0) is 6.42 Å². The van der Waals surface area contributed by atoms with Gasteiger partial charge in [-0.05, 0) is 30.9 Å². The molecule has 3 aromatic heterocycles. The molecule has 0 atom stereocenters. The summed E-state index contributed by atoms with van der Waals surface area (Å²) >= 11 is 0. The topological polar surface area (TPSA) is 131 Å². The van der Waals surface area contributed by atoms with Gasteiger partial charge in [0.25, 0.3) is 0 Å². The summed E-state index contributed by atoms with van der Waals surface area (Å²) in [6.07, 6.45) is 8.94. The number of aromatic amines is 1. The van der Waals surface area contributed by atoms with Crippen molar-refractivity contribution in [2.75, 3.05) is 16.6 Å². The van der Waals surface area contributed by atoms with Crippen LogP contribution < -0.4 is 4.31 Å². The number of fused-ring (bicyclic) bond motifs is 1. The molecule has 10 heteroatoms. The van der Waals surface area contributed by atoms with Gasteiger partial charge in [-0.1, -0.05) is 25.7 Å². The molecular weight excluding hydrogens is 404 g/mol. The Labute approximate surface area is 176 Å². The van der Waals surface area contributed by atoms with E-state index in [1.165, 1.54) is 25.7 Å². The van der Waals surface area contributed by atoms with E-state index in [4.69, 9.17) is 0 Å². The largest absolute Gasteiger partial charge is 0.504 e. The lowest BCUT2D eigenvalue weighted by Gasteiger charge is -2.47. The van der Waals surface area contributed by atoms with Gasteiger partial charge in [0.1, 0.15) is 11.3 Å². The Kier molecular flexibility index (Phi) is 5.00. The lowest BCUT2D eigenvalue weighted by Crippen LogP contribution is -2.35. The summed E-state index contributed by atoms with van der Waals surface area (Å²) in [4.78, 5) is 13.5. The van der Waals surface area contributed by atoms with Crippen LogP contribution in [0.25, 0.3) is 22.4 Å². The van der Waals surface area contributed by atoms with Crippen LogP contribution in [0.2, 0.25) is 0 Å². The van der Waals surface area contributed by atoms with Gasteiger partial charge in [0, 0.05) is 24.5 Å². The van der Waals surface area contributed by atoms with E-state index in [9.17, 15) is 14.2 Å². The predicted octanol–water partition coefficient (Wildman–Crippen LogP) is 4.12. The van der Waals surface area contributed by atoms with Crippen molar-refractivity contribution >= 4 is 27.5 Å². The van der Waals surface area contributed by atoms with Gasteiger partial charge in [-0.15, -0.1) is 10.8 Å². The highest BCUT2D eigenvalue weighted by molar-refractivity contribution is 8.25. The summed E-state index contributed by atoms with van der Waals surface area (Å²) < 4.78 is 22.8. The van der Waals surface area contributed by atoms with Gasteiger partial charge < -0.3 is 5.11 Å². The molecule has 2 aliphatic rings. The Hall–Kier alpha value is -2.43. The molecule has 0 bridgehead atoms. The maximum Gasteiger partial charge on any atom is 0.203 e. The average molecular weight is 431 g/mol. The third kappa shape index (κ3) is 3.48. The van der Waals surface area contributed by atoms with Gasteiger partial charge in [0.05, 0.1) is 5.75 Å². The van der Waals surface area contributed by atoms with Gasteiger partial charge in [0.15, 0.2) is 17.3 Å². The molecular formula is C20H26N6O3S. The number of rotatable bonds is 4. The summed E-state index contributed by atoms with van der Waals surface area (Å²) in [6.45, 7) is 0.477. The SMILES string of the molecule is Oc1c(-c2n[nH]c(CC3CCCC3)n2)nc(N2CCCCS2(O)O)c2cccnc12. The number of aromatic nitrogens is 5. The van der Waals surface area contributed by atoms with Crippen LogP contribution in [-0.4, -0.2) is 51.7 Å². The van der Waals surface area contributed by atoms with Crippen molar-refractivity contribution in [3.63, 3.8) is 0 Å². The van der Waals surface area contributed by atoms with Crippen LogP contribution in [0.5, 0.6) is 5.75 Å². The maximum absolute atomic E-state index is 10.9. The van der Waals surface area contributed by atoms with Crippen LogP contribution in [0.4, 0.5) is 5.82 Å². The Morgan fingerprint density at radius 1 is 1.13 bits per heavy atom. The Bertz CT molecular complexity index is 1070. The number of pyridine rings is 2. The second kappa shape index (κ2) is 7.68. The molecule has 0 aromatic carbocycles. The van der Waals surface area contributed by atoms with E-state index in [0.717, 1.165) is 25.1 Å². The zero-order valence-electron chi connectivity index (χ0n) is 16.7. The summed E-state index contributed by atoms with van der Waals surface area (Å²) in [5.41, 5.74) is 0.548. The van der Waals surface area contributed by atoms with Crippen molar-refractivity contribution in [1.82, 2.24) is 25.1 Å². The number of hydrogen-bond donors (Lipinski definition) is 4. The first kappa shape index (κ1) is 19.5. The fourth-order valence-corrected chi connectivity index (χ4v) is 6.13. The zero-order valence-corrected chi connectivity index (χ0v) is 17.5. The molecule has 0 amide bonds. The number of nitrogens with zero attached hydrogens (tertiary/aromatic N) is 5. The second-order valence-electron chi connectivity index (χ2n) is 8.14. The average Bonchev–Trinajstić information content (AvgIpc) is 3.41. The van der Waals surface area contributed by atoms with Crippen molar-refractivity contribution in [3.8, 4) is 17.3 Å². The molecule has 1 aliphatic heterocycles. The number of hydrogen-bond acceptors (Lipinski definition) is 8. The third-order valence-electron chi connectivity index (χ3n) is 6.03. The predicted molar refractivity (Wildman–Crippen MR) is 117 cm³/mol. The van der Waals surface area contributed by atoms with Crippen LogP contribution in [0.15, 0.2) is 18.3 Å². The first-order valence-electron chi connectivity index (χ1n) is 10.5. The highest BCUT2D eigenvalue weighted by Crippen LogP contribution is 2.51. The second-order valence-corrected chi connectivity index (χ2v) is 10.3. The molecule has 160 valence electrons. The molecule has 9 nitrogen and oxygen atoms in total. The Balaban J connectivity index is 1.59. The van der Waals surface area contributed by atoms with E-state index in [1.54, 1.807) is 22.6 Å². The van der Waals surface area contributed by atoms with Crippen molar-refractivity contribution < 1.29 is 14.2 Å². The van der Waals surface area contributed by atoms with Crippen LogP contribution in [0, 0.1) is 5.92 Å². The van der Waals surface area contributed by atoms with Gasteiger partial charge in [0.2, 0.25) is 5.82 Å². The molecule has 30 heavy (non-hydrogen) atoms. The zero-order chi connectivity index (χ0) is 20.7. The molecule has 0 unspecified atom stereocenters. The minimum atomic E-state index is -2.98. The number of anilines is 1. The molecule has 1 aliphatic carbocycles. The van der Waals surface area contributed by atoms with Crippen LogP contribution in [0.1, 0.15) is 44.3 Å². The van der Waals surface area contributed by atoms with Crippen molar-refractivity contribution in [3.05, 3.63) is 24.2 Å². The highest BCUT2D eigenvalue weighted by Gasteiger charge is 2.31. The molecule has 5 rings (SSSR count). The number of aromatic hydroxyl groups is 1. The number of H-pyrrole nitrogens is 1. The van der Waals surface area contributed by atoms with Gasteiger partial charge in [-0.2, -0.15) is 5.10 Å². The Morgan fingerprint density at radius 3 is 2.77 bits per heavy atom. The van der Waals surface area contributed by atoms with E-state index >= 15 is 0 Å². The van der Waals surface area contributed by atoms with Crippen molar-refractivity contribution in [1.29, 1.82) is 0 Å². The quantitative estimate of drug-likeness (QED) is 0.486.